The predicted molar refractivity (Wildman–Crippen MR) is 47.2 cm³/mol. The summed E-state index contributed by atoms with van der Waals surface area (Å²) >= 11 is 0. The summed E-state index contributed by atoms with van der Waals surface area (Å²) in [7, 11) is -9.31. The number of benzene rings is 1. The molecule has 0 amide bonds. The molecule has 0 saturated heterocycles. The summed E-state index contributed by atoms with van der Waals surface area (Å²) < 4.78 is 60.0. The molecule has 0 aliphatic heterocycles. The normalized spacial score (nSPS) is 11.9. The smallest absolute Gasteiger partial charge is 1.00 e. The summed E-state index contributed by atoms with van der Waals surface area (Å²) in [5.74, 6) is 0. The number of rotatable bonds is 2. The van der Waals surface area contributed by atoms with Gasteiger partial charge in [0, 0.05) is 0 Å². The maximum atomic E-state index is 10.7. The van der Waals surface area contributed by atoms with Gasteiger partial charge in [0.15, 0.2) is 0 Å². The Morgan fingerprint density at radius 2 is 1.13 bits per heavy atom. The van der Waals surface area contributed by atoms with Crippen LogP contribution in [-0.2, 0) is 20.2 Å². The molecule has 1 aromatic rings. The van der Waals surface area contributed by atoms with Crippen molar-refractivity contribution in [2.45, 2.75) is 9.79 Å². The zero-order valence-electron chi connectivity index (χ0n) is 8.65. The molecule has 1 aromatic carbocycles. The molecule has 0 heterocycles. The van der Waals surface area contributed by atoms with E-state index in [9.17, 15) is 16.8 Å². The Hall–Kier alpha value is 0.676. The van der Waals surface area contributed by atoms with Crippen molar-refractivity contribution < 1.29 is 78.8 Å². The van der Waals surface area contributed by atoms with Crippen LogP contribution in [0.3, 0.4) is 0 Å². The maximum Gasteiger partial charge on any atom is 1.00 e. The molecule has 80 valence electrons. The van der Waals surface area contributed by atoms with E-state index >= 15 is 0 Å². The van der Waals surface area contributed by atoms with E-state index in [0.717, 1.165) is 12.1 Å². The first-order valence-corrected chi connectivity index (χ1v) is 6.15. The van der Waals surface area contributed by atoms with Gasteiger partial charge in [-0.1, -0.05) is 12.1 Å². The van der Waals surface area contributed by atoms with E-state index in [1.165, 1.54) is 12.1 Å². The summed E-state index contributed by atoms with van der Waals surface area (Å²) in [5.41, 5.74) is 0. The van der Waals surface area contributed by atoms with Crippen LogP contribution in [0.5, 0.6) is 0 Å². The molecule has 2 N–H and O–H groups in total. The van der Waals surface area contributed by atoms with Crippen LogP contribution in [0.4, 0.5) is 0 Å². The minimum absolute atomic E-state index is 0. The Kier molecular flexibility index (Phi) is 5.58. The third-order valence-corrected chi connectivity index (χ3v) is 3.36. The van der Waals surface area contributed by atoms with Crippen LogP contribution in [0.25, 0.3) is 0 Å². The molecule has 0 bridgehead atoms. The van der Waals surface area contributed by atoms with Crippen LogP contribution in [0.1, 0.15) is 1.43 Å². The van der Waals surface area contributed by atoms with Gasteiger partial charge in [-0.05, 0) is 12.1 Å². The van der Waals surface area contributed by atoms with Gasteiger partial charge in [0.25, 0.3) is 20.2 Å². The van der Waals surface area contributed by atoms with Crippen molar-refractivity contribution in [2.24, 2.45) is 0 Å². The van der Waals surface area contributed by atoms with Crippen LogP contribution < -0.4 is 51.4 Å². The molecule has 0 spiro atoms. The van der Waals surface area contributed by atoms with Crippen molar-refractivity contribution in [1.82, 2.24) is 0 Å². The number of hydrogen-bond donors (Lipinski definition) is 2. The van der Waals surface area contributed by atoms with Crippen LogP contribution in [-0.4, -0.2) is 25.9 Å². The Bertz CT molecular complexity index is 501. The monoisotopic (exact) mass is 278 g/mol. The molecule has 0 radical (unpaired) electrons. The van der Waals surface area contributed by atoms with E-state index in [2.05, 4.69) is 0 Å². The fraction of sp³-hybridized carbons (Fsp3) is 0. The van der Waals surface area contributed by atoms with Crippen LogP contribution in [0.15, 0.2) is 34.1 Å². The van der Waals surface area contributed by atoms with Crippen molar-refractivity contribution in [3.63, 3.8) is 0 Å². The molecule has 9 heteroatoms. The van der Waals surface area contributed by atoms with Gasteiger partial charge in [-0.3, -0.25) is 9.11 Å². The Morgan fingerprint density at radius 1 is 0.867 bits per heavy atom. The molecule has 0 atom stereocenters. The largest absolute Gasteiger partial charge is 1.00 e. The van der Waals surface area contributed by atoms with E-state index in [0.29, 0.717) is 0 Å². The molecular weight excluding hydrogens is 271 g/mol. The van der Waals surface area contributed by atoms with Gasteiger partial charge in [0.05, 0.1) is 0 Å². The van der Waals surface area contributed by atoms with Crippen LogP contribution in [0.2, 0.25) is 0 Å². The second-order valence-corrected chi connectivity index (χ2v) is 5.18. The fourth-order valence-electron chi connectivity index (χ4n) is 0.876. The van der Waals surface area contributed by atoms with Crippen molar-refractivity contribution in [3.05, 3.63) is 24.3 Å². The SMILES string of the molecule is O=S(=O)(O)c1ccccc1S(=O)(=O)O.[H-].[K+]. The summed E-state index contributed by atoms with van der Waals surface area (Å²) in [5, 5.41) is 0. The van der Waals surface area contributed by atoms with E-state index < -0.39 is 30.0 Å². The molecule has 0 fully saturated rings. The first-order chi connectivity index (χ1) is 6.23. The molecule has 0 aliphatic rings. The fourth-order valence-corrected chi connectivity index (χ4v) is 2.65. The summed E-state index contributed by atoms with van der Waals surface area (Å²) in [6.07, 6.45) is 0. The molecular formula is C6H7KO6S2. The Labute approximate surface area is 131 Å². The average molecular weight is 278 g/mol. The Morgan fingerprint density at radius 3 is 1.33 bits per heavy atom. The molecule has 0 unspecified atom stereocenters. The molecule has 6 nitrogen and oxygen atoms in total. The zero-order valence-corrected chi connectivity index (χ0v) is 12.4. The van der Waals surface area contributed by atoms with Crippen LogP contribution >= 0.6 is 0 Å². The third kappa shape index (κ3) is 4.21. The van der Waals surface area contributed by atoms with Gasteiger partial charge < -0.3 is 1.43 Å². The van der Waals surface area contributed by atoms with Crippen molar-refractivity contribution in [3.8, 4) is 0 Å². The van der Waals surface area contributed by atoms with Gasteiger partial charge >= 0.3 is 51.4 Å². The van der Waals surface area contributed by atoms with Crippen molar-refractivity contribution >= 4 is 20.2 Å². The predicted octanol–water partition coefficient (Wildman–Crippen LogP) is -2.70. The minimum atomic E-state index is -4.66. The molecule has 0 aliphatic carbocycles. The van der Waals surface area contributed by atoms with E-state index in [1.807, 2.05) is 0 Å². The zero-order chi connectivity index (χ0) is 11.0. The summed E-state index contributed by atoms with van der Waals surface area (Å²) in [6.45, 7) is 0. The standard InChI is InChI=1S/C6H6O6S2.K.H/c7-13(8,9)5-3-1-2-4-6(5)14(10,11)12;;/h1-4H,(H,7,8,9)(H,10,11,12);;/q;+1;-1. The van der Waals surface area contributed by atoms with Gasteiger partial charge in [0.1, 0.15) is 9.79 Å². The van der Waals surface area contributed by atoms with Crippen molar-refractivity contribution in [2.75, 3.05) is 0 Å². The van der Waals surface area contributed by atoms with Gasteiger partial charge in [-0.15, -0.1) is 0 Å². The average Bonchev–Trinajstić information content (AvgIpc) is 2.01. The maximum absolute atomic E-state index is 10.7. The third-order valence-electron chi connectivity index (χ3n) is 1.40. The topological polar surface area (TPSA) is 109 Å². The van der Waals surface area contributed by atoms with Gasteiger partial charge in [-0.2, -0.15) is 16.8 Å². The Balaban J connectivity index is 0. The summed E-state index contributed by atoms with van der Waals surface area (Å²) in [6, 6.07) is 4.19. The second kappa shape index (κ2) is 5.34. The van der Waals surface area contributed by atoms with E-state index in [-0.39, 0.29) is 52.8 Å². The van der Waals surface area contributed by atoms with Crippen molar-refractivity contribution in [1.29, 1.82) is 0 Å². The first-order valence-electron chi connectivity index (χ1n) is 3.27. The molecule has 1 rings (SSSR count). The first kappa shape index (κ1) is 15.7. The minimum Gasteiger partial charge on any atom is -1.00 e. The van der Waals surface area contributed by atoms with Gasteiger partial charge in [0.2, 0.25) is 0 Å². The summed E-state index contributed by atoms with van der Waals surface area (Å²) in [4.78, 5) is -1.69. The molecule has 0 aromatic heterocycles. The second-order valence-electron chi connectivity index (χ2n) is 2.40. The number of hydrogen-bond acceptors (Lipinski definition) is 4. The van der Waals surface area contributed by atoms with Gasteiger partial charge in [-0.25, -0.2) is 0 Å². The molecule has 15 heavy (non-hydrogen) atoms. The van der Waals surface area contributed by atoms with E-state index in [1.54, 1.807) is 0 Å². The van der Waals surface area contributed by atoms with Crippen LogP contribution in [0, 0.1) is 0 Å². The quantitative estimate of drug-likeness (QED) is 0.450. The molecule has 0 saturated carbocycles. The van der Waals surface area contributed by atoms with E-state index in [4.69, 9.17) is 9.11 Å².